The van der Waals surface area contributed by atoms with Crippen LogP contribution in [0.1, 0.15) is 31.1 Å². The van der Waals surface area contributed by atoms with Crippen LogP contribution in [0.25, 0.3) is 0 Å². The second-order valence-electron chi connectivity index (χ2n) is 6.52. The first-order valence-corrected chi connectivity index (χ1v) is 9.78. The zero-order valence-corrected chi connectivity index (χ0v) is 17.4. The third-order valence-corrected chi connectivity index (χ3v) is 4.52. The van der Waals surface area contributed by atoms with E-state index in [-0.39, 0.29) is 18.8 Å². The lowest BCUT2D eigenvalue weighted by atomic mass is 10.1. The highest BCUT2D eigenvalue weighted by molar-refractivity contribution is 6.30. The molecule has 0 aliphatic rings. The van der Waals surface area contributed by atoms with E-state index in [1.54, 1.807) is 0 Å². The van der Waals surface area contributed by atoms with Crippen molar-refractivity contribution >= 4 is 17.6 Å². The minimum Gasteiger partial charge on any atom is -0.482 e. The standard InChI is InChI=1S/C22H28ClNO4/c1-4-27-21(18-6-5-7-19(23)13-18)14-24-16(2)12-17-8-10-20(11-9-17)28-15-22(25)26-3/h5-11,13,16,21,24H,4,12,14-15H2,1-3H3. The molecule has 0 heterocycles. The first-order valence-electron chi connectivity index (χ1n) is 9.40. The molecule has 0 saturated carbocycles. The summed E-state index contributed by atoms with van der Waals surface area (Å²) >= 11 is 6.11. The van der Waals surface area contributed by atoms with Crippen molar-refractivity contribution in [2.24, 2.45) is 0 Å². The molecule has 5 nitrogen and oxygen atoms in total. The Morgan fingerprint density at radius 2 is 1.93 bits per heavy atom. The zero-order chi connectivity index (χ0) is 20.4. The molecule has 0 amide bonds. The fraction of sp³-hybridized carbons (Fsp3) is 0.409. The summed E-state index contributed by atoms with van der Waals surface area (Å²) in [6, 6.07) is 15.8. The van der Waals surface area contributed by atoms with Gasteiger partial charge >= 0.3 is 5.97 Å². The van der Waals surface area contributed by atoms with Crippen LogP contribution in [0.15, 0.2) is 48.5 Å². The van der Waals surface area contributed by atoms with E-state index in [2.05, 4.69) is 17.0 Å². The number of esters is 1. The highest BCUT2D eigenvalue weighted by Crippen LogP contribution is 2.21. The minimum absolute atomic E-state index is 0.0414. The number of ether oxygens (including phenoxy) is 3. The summed E-state index contributed by atoms with van der Waals surface area (Å²) in [5, 5.41) is 4.25. The lowest BCUT2D eigenvalue weighted by molar-refractivity contribution is -0.142. The van der Waals surface area contributed by atoms with Crippen LogP contribution in [0.4, 0.5) is 0 Å². The molecule has 6 heteroatoms. The van der Waals surface area contributed by atoms with E-state index in [9.17, 15) is 4.79 Å². The summed E-state index contributed by atoms with van der Waals surface area (Å²) < 4.78 is 15.8. The molecular weight excluding hydrogens is 378 g/mol. The van der Waals surface area contributed by atoms with Gasteiger partial charge in [-0.1, -0.05) is 35.9 Å². The summed E-state index contributed by atoms with van der Waals surface area (Å²) in [6.07, 6.45) is 0.825. The van der Waals surface area contributed by atoms with Gasteiger partial charge in [-0.25, -0.2) is 4.79 Å². The SMILES string of the molecule is CCOC(CNC(C)Cc1ccc(OCC(=O)OC)cc1)c1cccc(Cl)c1. The second-order valence-corrected chi connectivity index (χ2v) is 6.96. The number of carbonyl (C=O) groups excluding carboxylic acids is 1. The Kier molecular flexibility index (Phi) is 9.28. The number of halogens is 1. The zero-order valence-electron chi connectivity index (χ0n) is 16.6. The van der Waals surface area contributed by atoms with Crippen molar-refractivity contribution in [1.29, 1.82) is 0 Å². The van der Waals surface area contributed by atoms with Crippen molar-refractivity contribution in [3.63, 3.8) is 0 Å². The van der Waals surface area contributed by atoms with Crippen molar-refractivity contribution in [3.05, 3.63) is 64.7 Å². The van der Waals surface area contributed by atoms with Crippen molar-refractivity contribution in [2.45, 2.75) is 32.4 Å². The van der Waals surface area contributed by atoms with Crippen LogP contribution in [0.2, 0.25) is 5.02 Å². The molecule has 0 aliphatic heterocycles. The predicted octanol–water partition coefficient (Wildman–Crippen LogP) is 4.19. The van der Waals surface area contributed by atoms with Crippen LogP contribution in [0.5, 0.6) is 5.75 Å². The van der Waals surface area contributed by atoms with E-state index in [1.807, 2.05) is 55.5 Å². The van der Waals surface area contributed by atoms with Gasteiger partial charge in [0.25, 0.3) is 0 Å². The van der Waals surface area contributed by atoms with Crippen molar-refractivity contribution < 1.29 is 19.0 Å². The Labute approximate surface area is 171 Å². The lowest BCUT2D eigenvalue weighted by Gasteiger charge is -2.21. The highest BCUT2D eigenvalue weighted by Gasteiger charge is 2.14. The summed E-state index contributed by atoms with van der Waals surface area (Å²) in [6.45, 7) is 5.39. The summed E-state index contributed by atoms with van der Waals surface area (Å²) in [5.41, 5.74) is 2.25. The molecule has 2 unspecified atom stereocenters. The molecule has 0 saturated heterocycles. The van der Waals surface area contributed by atoms with Crippen LogP contribution >= 0.6 is 11.6 Å². The summed E-state index contributed by atoms with van der Waals surface area (Å²) in [7, 11) is 1.34. The van der Waals surface area contributed by atoms with Gasteiger partial charge in [-0.05, 0) is 55.7 Å². The highest BCUT2D eigenvalue weighted by atomic mass is 35.5. The van der Waals surface area contributed by atoms with Gasteiger partial charge in [0, 0.05) is 24.2 Å². The molecule has 0 fully saturated rings. The number of carbonyl (C=O) groups is 1. The third-order valence-electron chi connectivity index (χ3n) is 4.29. The molecule has 2 atom stereocenters. The second kappa shape index (κ2) is 11.7. The number of nitrogens with one attached hydrogen (secondary N) is 1. The molecule has 2 aromatic rings. The van der Waals surface area contributed by atoms with Gasteiger partial charge in [0.2, 0.25) is 0 Å². The maximum atomic E-state index is 11.1. The van der Waals surface area contributed by atoms with Crippen LogP contribution in [-0.2, 0) is 20.7 Å². The molecule has 0 aromatic heterocycles. The van der Waals surface area contributed by atoms with Crippen molar-refractivity contribution in [1.82, 2.24) is 5.32 Å². The fourth-order valence-corrected chi connectivity index (χ4v) is 3.04. The molecule has 0 bridgehead atoms. The molecule has 2 rings (SSSR count). The number of hydrogen-bond acceptors (Lipinski definition) is 5. The average molecular weight is 406 g/mol. The van der Waals surface area contributed by atoms with Gasteiger partial charge in [-0.3, -0.25) is 0 Å². The maximum absolute atomic E-state index is 11.1. The van der Waals surface area contributed by atoms with E-state index < -0.39 is 5.97 Å². The van der Waals surface area contributed by atoms with Crippen LogP contribution in [0.3, 0.4) is 0 Å². The van der Waals surface area contributed by atoms with Gasteiger partial charge in [-0.15, -0.1) is 0 Å². The summed E-state index contributed by atoms with van der Waals surface area (Å²) in [5.74, 6) is 0.248. The third kappa shape index (κ3) is 7.50. The Morgan fingerprint density at radius 1 is 1.18 bits per heavy atom. The Balaban J connectivity index is 1.85. The lowest BCUT2D eigenvalue weighted by Crippen LogP contribution is -2.33. The number of benzene rings is 2. The van der Waals surface area contributed by atoms with Crippen molar-refractivity contribution in [3.8, 4) is 5.75 Å². The first-order chi connectivity index (χ1) is 13.5. The summed E-state index contributed by atoms with van der Waals surface area (Å²) in [4.78, 5) is 11.1. The smallest absolute Gasteiger partial charge is 0.343 e. The molecule has 152 valence electrons. The van der Waals surface area contributed by atoms with E-state index in [0.717, 1.165) is 12.0 Å². The van der Waals surface area contributed by atoms with Gasteiger partial charge in [0.05, 0.1) is 13.2 Å². The molecule has 28 heavy (non-hydrogen) atoms. The van der Waals surface area contributed by atoms with E-state index in [4.69, 9.17) is 21.1 Å². The first kappa shape index (κ1) is 22.2. The predicted molar refractivity (Wildman–Crippen MR) is 111 cm³/mol. The molecule has 1 N–H and O–H groups in total. The number of rotatable bonds is 11. The van der Waals surface area contributed by atoms with Crippen molar-refractivity contribution in [2.75, 3.05) is 26.9 Å². The van der Waals surface area contributed by atoms with E-state index in [1.165, 1.54) is 12.7 Å². The topological polar surface area (TPSA) is 56.8 Å². The molecule has 0 spiro atoms. The average Bonchev–Trinajstić information content (AvgIpc) is 2.70. The molecule has 2 aromatic carbocycles. The minimum atomic E-state index is -0.398. The van der Waals surface area contributed by atoms with Gasteiger partial charge in [-0.2, -0.15) is 0 Å². The Hall–Kier alpha value is -2.08. The molecule has 0 aliphatic carbocycles. The molecule has 0 radical (unpaired) electrons. The fourth-order valence-electron chi connectivity index (χ4n) is 2.84. The number of methoxy groups -OCH3 is 1. The van der Waals surface area contributed by atoms with Gasteiger partial charge in [0.1, 0.15) is 5.75 Å². The Morgan fingerprint density at radius 3 is 2.57 bits per heavy atom. The Bertz CT molecular complexity index is 736. The van der Waals surface area contributed by atoms with Gasteiger partial charge < -0.3 is 19.5 Å². The van der Waals surface area contributed by atoms with Gasteiger partial charge in [0.15, 0.2) is 6.61 Å². The maximum Gasteiger partial charge on any atom is 0.343 e. The quantitative estimate of drug-likeness (QED) is 0.568. The normalized spacial score (nSPS) is 13.0. The van der Waals surface area contributed by atoms with E-state index >= 15 is 0 Å². The molecular formula is C22H28ClNO4. The largest absolute Gasteiger partial charge is 0.482 e. The van der Waals surface area contributed by atoms with Crippen LogP contribution in [-0.4, -0.2) is 38.9 Å². The van der Waals surface area contributed by atoms with E-state index in [0.29, 0.717) is 23.9 Å². The van der Waals surface area contributed by atoms with Crippen LogP contribution < -0.4 is 10.1 Å². The van der Waals surface area contributed by atoms with Crippen LogP contribution in [0, 0.1) is 0 Å². The number of hydrogen-bond donors (Lipinski definition) is 1. The monoisotopic (exact) mass is 405 g/mol.